The van der Waals surface area contributed by atoms with Gasteiger partial charge in [0.1, 0.15) is 11.6 Å². The Kier molecular flexibility index (Phi) is 4.83. The number of benzene rings is 2. The van der Waals surface area contributed by atoms with E-state index in [1.165, 1.54) is 0 Å². The van der Waals surface area contributed by atoms with Crippen LogP contribution in [0.25, 0.3) is 0 Å². The number of hydrogen-bond acceptors (Lipinski definition) is 1. The summed E-state index contributed by atoms with van der Waals surface area (Å²) in [5.74, 6) is 0.448. The maximum atomic E-state index is 13.9. The van der Waals surface area contributed by atoms with Crippen LogP contribution in [0.4, 0.5) is 4.39 Å². The minimum atomic E-state index is -0.362. The van der Waals surface area contributed by atoms with Gasteiger partial charge in [0.2, 0.25) is 0 Å². The number of ether oxygens (including phenoxy) is 1. The SMILES string of the molecule is COc1ccc(CC(Br)c2cccc(Cl)c2F)cc1. The molecule has 0 bridgehead atoms. The topological polar surface area (TPSA) is 9.23 Å². The van der Waals surface area contributed by atoms with Gasteiger partial charge in [-0.1, -0.05) is 51.8 Å². The maximum Gasteiger partial charge on any atom is 0.146 e. The first-order valence-electron chi connectivity index (χ1n) is 5.82. The molecule has 0 aromatic heterocycles. The highest BCUT2D eigenvalue weighted by atomic mass is 79.9. The summed E-state index contributed by atoms with van der Waals surface area (Å²) in [6, 6.07) is 12.8. The van der Waals surface area contributed by atoms with Crippen molar-refractivity contribution >= 4 is 27.5 Å². The maximum absolute atomic E-state index is 13.9. The van der Waals surface area contributed by atoms with Crippen molar-refractivity contribution in [3.05, 3.63) is 64.4 Å². The fraction of sp³-hybridized carbons (Fsp3) is 0.200. The van der Waals surface area contributed by atoms with Crippen LogP contribution in [-0.4, -0.2) is 7.11 Å². The fourth-order valence-electron chi connectivity index (χ4n) is 1.84. The summed E-state index contributed by atoms with van der Waals surface area (Å²) in [5, 5.41) is 0.150. The highest BCUT2D eigenvalue weighted by Crippen LogP contribution is 2.32. The van der Waals surface area contributed by atoms with E-state index in [0.717, 1.165) is 11.3 Å². The molecule has 100 valence electrons. The summed E-state index contributed by atoms with van der Waals surface area (Å²) in [6.07, 6.45) is 0.682. The zero-order chi connectivity index (χ0) is 13.8. The van der Waals surface area contributed by atoms with Crippen LogP contribution in [0.3, 0.4) is 0 Å². The zero-order valence-corrected chi connectivity index (χ0v) is 12.7. The first-order valence-corrected chi connectivity index (χ1v) is 7.12. The molecule has 0 heterocycles. The Hall–Kier alpha value is -1.06. The molecule has 0 aliphatic heterocycles. The van der Waals surface area contributed by atoms with Crippen LogP contribution in [0.15, 0.2) is 42.5 Å². The second-order valence-corrected chi connectivity index (χ2v) is 5.68. The van der Waals surface area contributed by atoms with E-state index in [9.17, 15) is 4.39 Å². The van der Waals surface area contributed by atoms with Crippen molar-refractivity contribution in [2.45, 2.75) is 11.2 Å². The van der Waals surface area contributed by atoms with Gasteiger partial charge in [-0.3, -0.25) is 0 Å². The third kappa shape index (κ3) is 3.48. The van der Waals surface area contributed by atoms with Gasteiger partial charge >= 0.3 is 0 Å². The smallest absolute Gasteiger partial charge is 0.146 e. The molecule has 0 amide bonds. The number of methoxy groups -OCH3 is 1. The number of hydrogen-bond donors (Lipinski definition) is 0. The summed E-state index contributed by atoms with van der Waals surface area (Å²) in [6.45, 7) is 0. The summed E-state index contributed by atoms with van der Waals surface area (Å²) in [4.78, 5) is -0.111. The molecule has 0 spiro atoms. The van der Waals surface area contributed by atoms with E-state index in [0.29, 0.717) is 12.0 Å². The Morgan fingerprint density at radius 2 is 1.89 bits per heavy atom. The minimum Gasteiger partial charge on any atom is -0.497 e. The van der Waals surface area contributed by atoms with E-state index in [1.54, 1.807) is 25.3 Å². The van der Waals surface area contributed by atoms with Gasteiger partial charge in [0.15, 0.2) is 0 Å². The summed E-state index contributed by atoms with van der Waals surface area (Å²) in [7, 11) is 1.63. The van der Waals surface area contributed by atoms with Gasteiger partial charge in [-0.2, -0.15) is 0 Å². The molecule has 1 nitrogen and oxygen atoms in total. The highest BCUT2D eigenvalue weighted by Gasteiger charge is 2.15. The average molecular weight is 344 g/mol. The molecule has 0 aliphatic rings. The van der Waals surface area contributed by atoms with Crippen molar-refractivity contribution in [1.29, 1.82) is 0 Å². The Balaban J connectivity index is 2.15. The monoisotopic (exact) mass is 342 g/mol. The third-order valence-electron chi connectivity index (χ3n) is 2.89. The lowest BCUT2D eigenvalue weighted by molar-refractivity contribution is 0.414. The molecule has 2 rings (SSSR count). The summed E-state index contributed by atoms with van der Waals surface area (Å²) in [5.41, 5.74) is 1.67. The molecular weight excluding hydrogens is 331 g/mol. The Morgan fingerprint density at radius 1 is 1.21 bits per heavy atom. The molecule has 0 saturated heterocycles. The van der Waals surface area contributed by atoms with E-state index < -0.39 is 0 Å². The number of alkyl halides is 1. The normalized spacial score (nSPS) is 12.2. The number of rotatable bonds is 4. The second kappa shape index (κ2) is 6.40. The first kappa shape index (κ1) is 14.4. The quantitative estimate of drug-likeness (QED) is 0.696. The Labute approximate surface area is 125 Å². The van der Waals surface area contributed by atoms with Crippen molar-refractivity contribution in [3.63, 3.8) is 0 Å². The predicted octanol–water partition coefficient (Wildman–Crippen LogP) is 5.17. The molecule has 2 aromatic carbocycles. The van der Waals surface area contributed by atoms with Gasteiger partial charge < -0.3 is 4.74 Å². The Morgan fingerprint density at radius 3 is 2.53 bits per heavy atom. The number of halogens is 3. The van der Waals surface area contributed by atoms with Crippen molar-refractivity contribution in [1.82, 2.24) is 0 Å². The van der Waals surface area contributed by atoms with Crippen LogP contribution >= 0.6 is 27.5 Å². The second-order valence-electron chi connectivity index (χ2n) is 4.16. The van der Waals surface area contributed by atoms with Crippen LogP contribution < -0.4 is 4.74 Å². The Bertz CT molecular complexity index is 557. The molecule has 1 atom stereocenters. The summed E-state index contributed by atoms with van der Waals surface area (Å²) < 4.78 is 19.0. The van der Waals surface area contributed by atoms with Crippen LogP contribution in [0.1, 0.15) is 16.0 Å². The van der Waals surface area contributed by atoms with Gasteiger partial charge in [0.05, 0.1) is 12.1 Å². The molecule has 19 heavy (non-hydrogen) atoms. The van der Waals surface area contributed by atoms with Gasteiger partial charge in [-0.05, 0) is 30.2 Å². The summed E-state index contributed by atoms with van der Waals surface area (Å²) >= 11 is 9.30. The van der Waals surface area contributed by atoms with Gasteiger partial charge in [0.25, 0.3) is 0 Å². The van der Waals surface area contributed by atoms with Crippen molar-refractivity contribution < 1.29 is 9.13 Å². The van der Waals surface area contributed by atoms with Crippen LogP contribution in [-0.2, 0) is 6.42 Å². The van der Waals surface area contributed by atoms with Crippen LogP contribution in [0, 0.1) is 5.82 Å². The molecule has 0 aliphatic carbocycles. The van der Waals surface area contributed by atoms with Crippen LogP contribution in [0.2, 0.25) is 5.02 Å². The lowest BCUT2D eigenvalue weighted by Gasteiger charge is -2.12. The standard InChI is InChI=1S/C15H13BrClFO/c1-19-11-7-5-10(6-8-11)9-13(16)12-3-2-4-14(17)15(12)18/h2-8,13H,9H2,1H3. The van der Waals surface area contributed by atoms with Crippen LogP contribution in [0.5, 0.6) is 5.75 Å². The van der Waals surface area contributed by atoms with E-state index in [4.69, 9.17) is 16.3 Å². The minimum absolute atomic E-state index is 0.111. The lowest BCUT2D eigenvalue weighted by atomic mass is 10.0. The van der Waals surface area contributed by atoms with Crippen molar-refractivity contribution in [2.24, 2.45) is 0 Å². The van der Waals surface area contributed by atoms with E-state index in [1.807, 2.05) is 24.3 Å². The molecular formula is C15H13BrClFO. The molecule has 0 radical (unpaired) electrons. The molecule has 0 N–H and O–H groups in total. The molecule has 2 aromatic rings. The predicted molar refractivity (Wildman–Crippen MR) is 79.8 cm³/mol. The van der Waals surface area contributed by atoms with Gasteiger partial charge in [-0.25, -0.2) is 4.39 Å². The third-order valence-corrected chi connectivity index (χ3v) is 4.00. The largest absolute Gasteiger partial charge is 0.497 e. The van der Waals surface area contributed by atoms with E-state index in [2.05, 4.69) is 15.9 Å². The first-order chi connectivity index (χ1) is 9.11. The van der Waals surface area contributed by atoms with E-state index >= 15 is 0 Å². The lowest BCUT2D eigenvalue weighted by Crippen LogP contribution is -1.99. The van der Waals surface area contributed by atoms with Crippen molar-refractivity contribution in [2.75, 3.05) is 7.11 Å². The molecule has 0 saturated carbocycles. The zero-order valence-electron chi connectivity index (χ0n) is 10.4. The highest BCUT2D eigenvalue weighted by molar-refractivity contribution is 9.09. The molecule has 0 fully saturated rings. The van der Waals surface area contributed by atoms with Crippen molar-refractivity contribution in [3.8, 4) is 5.75 Å². The fourth-order valence-corrected chi connectivity index (χ4v) is 2.75. The molecule has 1 unspecified atom stereocenters. The van der Waals surface area contributed by atoms with Gasteiger partial charge in [0, 0.05) is 10.4 Å². The van der Waals surface area contributed by atoms with E-state index in [-0.39, 0.29) is 15.7 Å². The van der Waals surface area contributed by atoms with Gasteiger partial charge in [-0.15, -0.1) is 0 Å². The molecule has 4 heteroatoms. The average Bonchev–Trinajstić information content (AvgIpc) is 2.42.